The molecule has 30 heavy (non-hydrogen) atoms. The molecule has 11 heteroatoms. The molecule has 11 nitrogen and oxygen atoms in total. The molecule has 0 unspecified atom stereocenters. The summed E-state index contributed by atoms with van der Waals surface area (Å²) >= 11 is 0. The van der Waals surface area contributed by atoms with Crippen LogP contribution in [0.15, 0.2) is 36.4 Å². The fourth-order valence-electron chi connectivity index (χ4n) is 3.79. The lowest BCUT2D eigenvalue weighted by Crippen LogP contribution is -2.44. The molecule has 2 aromatic carbocycles. The van der Waals surface area contributed by atoms with E-state index < -0.39 is 39.8 Å². The van der Waals surface area contributed by atoms with Crippen LogP contribution in [0.25, 0.3) is 0 Å². The van der Waals surface area contributed by atoms with E-state index in [4.69, 9.17) is 0 Å². The Bertz CT molecular complexity index is 1140. The number of rotatable bonds is 4. The summed E-state index contributed by atoms with van der Waals surface area (Å²) in [6.45, 7) is -0.257. The second-order valence-corrected chi connectivity index (χ2v) is 6.87. The normalized spacial score (nSPS) is 15.1. The Morgan fingerprint density at radius 1 is 1.03 bits per heavy atom. The maximum absolute atomic E-state index is 12.9. The number of carbonyl (C=O) groups is 3. The zero-order valence-electron chi connectivity index (χ0n) is 15.4. The third-order valence-corrected chi connectivity index (χ3v) is 5.16. The van der Waals surface area contributed by atoms with Gasteiger partial charge in [-0.25, -0.2) is 0 Å². The number of aryl methyl sites for hydroxylation is 1. The van der Waals surface area contributed by atoms with Crippen LogP contribution in [0.2, 0.25) is 0 Å². The van der Waals surface area contributed by atoms with E-state index in [0.29, 0.717) is 35.5 Å². The van der Waals surface area contributed by atoms with Gasteiger partial charge in [-0.3, -0.25) is 39.5 Å². The van der Waals surface area contributed by atoms with Gasteiger partial charge in [0.15, 0.2) is 0 Å². The van der Waals surface area contributed by atoms with Crippen molar-refractivity contribution in [1.29, 1.82) is 0 Å². The van der Waals surface area contributed by atoms with Crippen LogP contribution in [0.5, 0.6) is 0 Å². The molecule has 2 aromatic rings. The first-order valence-electron chi connectivity index (χ1n) is 9.01. The van der Waals surface area contributed by atoms with Crippen LogP contribution in [-0.2, 0) is 11.2 Å². The first-order chi connectivity index (χ1) is 14.3. The molecule has 0 fully saturated rings. The molecule has 4 rings (SSSR count). The minimum atomic E-state index is -0.892. The maximum Gasteiger partial charge on any atom is 0.282 e. The number of non-ortho nitro benzene ring substituents is 1. The zero-order valence-corrected chi connectivity index (χ0v) is 15.4. The molecule has 0 saturated heterocycles. The van der Waals surface area contributed by atoms with Crippen LogP contribution in [-0.4, -0.2) is 45.6 Å². The summed E-state index contributed by atoms with van der Waals surface area (Å²) in [4.78, 5) is 61.2. The minimum Gasteiger partial charge on any atom is -0.311 e. The van der Waals surface area contributed by atoms with Crippen LogP contribution in [0.1, 0.15) is 32.7 Å². The molecule has 2 aliphatic rings. The van der Waals surface area contributed by atoms with Crippen molar-refractivity contribution >= 4 is 34.8 Å². The van der Waals surface area contributed by atoms with Gasteiger partial charge >= 0.3 is 0 Å². The van der Waals surface area contributed by atoms with Gasteiger partial charge in [0.25, 0.3) is 23.2 Å². The summed E-state index contributed by atoms with van der Waals surface area (Å²) in [6.07, 6.45) is 1.12. The minimum absolute atomic E-state index is 0.0873. The number of benzene rings is 2. The van der Waals surface area contributed by atoms with E-state index in [1.807, 2.05) is 0 Å². The number of amides is 3. The van der Waals surface area contributed by atoms with E-state index in [1.165, 1.54) is 35.2 Å². The van der Waals surface area contributed by atoms with Crippen molar-refractivity contribution in [2.45, 2.75) is 12.8 Å². The molecule has 0 radical (unpaired) electrons. The molecular formula is C19H14N4O7. The van der Waals surface area contributed by atoms with Crippen molar-refractivity contribution < 1.29 is 24.2 Å². The number of imide groups is 1. The quantitative estimate of drug-likeness (QED) is 0.426. The zero-order chi connectivity index (χ0) is 21.6. The molecule has 0 bridgehead atoms. The summed E-state index contributed by atoms with van der Waals surface area (Å²) in [5, 5.41) is 22.2. The lowest BCUT2D eigenvalue weighted by molar-refractivity contribution is -0.385. The van der Waals surface area contributed by atoms with Gasteiger partial charge in [0.2, 0.25) is 5.91 Å². The smallest absolute Gasteiger partial charge is 0.282 e. The molecule has 2 heterocycles. The molecule has 3 amide bonds. The number of nitro benzene ring substituents is 2. The van der Waals surface area contributed by atoms with E-state index in [2.05, 4.69) is 0 Å². The van der Waals surface area contributed by atoms with Gasteiger partial charge in [-0.1, -0.05) is 6.07 Å². The fourth-order valence-corrected chi connectivity index (χ4v) is 3.79. The number of carbonyl (C=O) groups excluding carboxylic acids is 3. The van der Waals surface area contributed by atoms with Crippen LogP contribution in [0.3, 0.4) is 0 Å². The summed E-state index contributed by atoms with van der Waals surface area (Å²) in [5.41, 5.74) is 0.0972. The second-order valence-electron chi connectivity index (χ2n) is 6.87. The summed E-state index contributed by atoms with van der Waals surface area (Å²) < 4.78 is 0. The third kappa shape index (κ3) is 2.96. The van der Waals surface area contributed by atoms with Crippen LogP contribution in [0.4, 0.5) is 17.1 Å². The summed E-state index contributed by atoms with van der Waals surface area (Å²) in [6, 6.07) is 7.90. The first-order valence-corrected chi connectivity index (χ1v) is 9.01. The van der Waals surface area contributed by atoms with E-state index in [9.17, 15) is 34.6 Å². The largest absolute Gasteiger partial charge is 0.311 e. The van der Waals surface area contributed by atoms with Crippen molar-refractivity contribution in [3.8, 4) is 0 Å². The topological polar surface area (TPSA) is 144 Å². The lowest BCUT2D eigenvalue weighted by atomic mass is 10.0. The van der Waals surface area contributed by atoms with Crippen molar-refractivity contribution in [3.05, 3.63) is 73.3 Å². The van der Waals surface area contributed by atoms with Gasteiger partial charge in [-0.05, 0) is 30.5 Å². The second kappa shape index (κ2) is 7.03. The van der Waals surface area contributed by atoms with Crippen molar-refractivity contribution in [1.82, 2.24) is 4.90 Å². The van der Waals surface area contributed by atoms with Crippen LogP contribution < -0.4 is 4.90 Å². The van der Waals surface area contributed by atoms with Gasteiger partial charge in [0.1, 0.15) is 12.1 Å². The Kier molecular flexibility index (Phi) is 4.49. The highest BCUT2D eigenvalue weighted by atomic mass is 16.6. The summed E-state index contributed by atoms with van der Waals surface area (Å²) in [5.74, 6) is -2.22. The van der Waals surface area contributed by atoms with E-state index >= 15 is 0 Å². The van der Waals surface area contributed by atoms with Gasteiger partial charge in [-0.15, -0.1) is 0 Å². The van der Waals surface area contributed by atoms with E-state index in [1.54, 1.807) is 0 Å². The molecule has 0 saturated carbocycles. The van der Waals surface area contributed by atoms with E-state index in [-0.39, 0.29) is 16.8 Å². The number of anilines is 1. The highest BCUT2D eigenvalue weighted by molar-refractivity contribution is 6.24. The van der Waals surface area contributed by atoms with Gasteiger partial charge < -0.3 is 4.90 Å². The van der Waals surface area contributed by atoms with Crippen molar-refractivity contribution in [2.24, 2.45) is 0 Å². The van der Waals surface area contributed by atoms with Crippen molar-refractivity contribution in [2.75, 3.05) is 18.0 Å². The van der Waals surface area contributed by atoms with Crippen molar-refractivity contribution in [3.63, 3.8) is 0 Å². The van der Waals surface area contributed by atoms with Gasteiger partial charge in [0.05, 0.1) is 15.4 Å². The Balaban J connectivity index is 1.61. The average Bonchev–Trinajstić information content (AvgIpc) is 2.97. The Labute approximate surface area is 168 Å². The molecule has 0 aromatic heterocycles. The molecule has 0 N–H and O–H groups in total. The van der Waals surface area contributed by atoms with Crippen LogP contribution >= 0.6 is 0 Å². The Hall–Kier alpha value is -4.15. The molecule has 152 valence electrons. The molecule has 0 spiro atoms. The number of nitrogens with zero attached hydrogens (tertiary/aromatic N) is 4. The molecular weight excluding hydrogens is 396 g/mol. The third-order valence-electron chi connectivity index (χ3n) is 5.16. The van der Waals surface area contributed by atoms with Gasteiger partial charge in [-0.2, -0.15) is 0 Å². The molecule has 0 aliphatic carbocycles. The standard InChI is InChI=1S/C19H14N4O7/c24-16(20-8-2-3-11-9-12(22(27)28)6-7-14(11)20)10-21-18(25)13-4-1-5-15(23(29)30)17(13)19(21)26/h1,4-7,9H,2-3,8,10H2. The number of nitro groups is 2. The highest BCUT2D eigenvalue weighted by Crippen LogP contribution is 2.33. The highest BCUT2D eigenvalue weighted by Gasteiger charge is 2.42. The number of fused-ring (bicyclic) bond motifs is 2. The Morgan fingerprint density at radius 3 is 2.50 bits per heavy atom. The molecule has 2 aliphatic heterocycles. The monoisotopic (exact) mass is 410 g/mol. The fraction of sp³-hybridized carbons (Fsp3) is 0.211. The van der Waals surface area contributed by atoms with E-state index in [0.717, 1.165) is 6.07 Å². The maximum atomic E-state index is 12.9. The molecule has 0 atom stereocenters. The number of hydrogen-bond acceptors (Lipinski definition) is 7. The SMILES string of the molecule is O=C1c2cccc([N+](=O)[O-])c2C(=O)N1CC(=O)N1CCCc2cc([N+](=O)[O-])ccc21. The lowest BCUT2D eigenvalue weighted by Gasteiger charge is -2.30. The van der Waals surface area contributed by atoms with Gasteiger partial charge in [0, 0.05) is 30.4 Å². The number of hydrogen-bond donors (Lipinski definition) is 0. The predicted octanol–water partition coefficient (Wildman–Crippen LogP) is 2.08. The first kappa shape index (κ1) is 19.2. The average molecular weight is 410 g/mol. The summed E-state index contributed by atoms with van der Waals surface area (Å²) in [7, 11) is 0. The predicted molar refractivity (Wildman–Crippen MR) is 102 cm³/mol. The Morgan fingerprint density at radius 2 is 1.80 bits per heavy atom. The van der Waals surface area contributed by atoms with Crippen LogP contribution in [0, 0.1) is 20.2 Å².